The van der Waals surface area contributed by atoms with Crippen molar-refractivity contribution in [3.05, 3.63) is 48.6 Å². The topological polar surface area (TPSA) is 81.9 Å². The van der Waals surface area contributed by atoms with E-state index >= 15 is 0 Å². The van der Waals surface area contributed by atoms with Gasteiger partial charge < -0.3 is 14.4 Å². The molecule has 1 aromatic carbocycles. The van der Waals surface area contributed by atoms with Gasteiger partial charge in [-0.05, 0) is 28.9 Å². The van der Waals surface area contributed by atoms with Gasteiger partial charge >= 0.3 is 0 Å². The Morgan fingerprint density at radius 2 is 2.08 bits per heavy atom. The van der Waals surface area contributed by atoms with Gasteiger partial charge in [0.15, 0.2) is 11.5 Å². The normalized spacial score (nSPS) is 10.4. The number of thiophene rings is 1. The number of hydrogen-bond acceptors (Lipinski definition) is 6. The molecular formula is C16H17BrN2O5S. The first-order valence-corrected chi connectivity index (χ1v) is 9.02. The highest BCUT2D eigenvalue weighted by molar-refractivity contribution is 9.10. The molecule has 0 unspecified atom stereocenters. The number of nitro groups is 1. The lowest BCUT2D eigenvalue weighted by atomic mass is 10.1. The zero-order chi connectivity index (χ0) is 18.6. The molecule has 0 aliphatic carbocycles. The Morgan fingerprint density at radius 3 is 2.60 bits per heavy atom. The predicted octanol–water partition coefficient (Wildman–Crippen LogP) is 4.10. The van der Waals surface area contributed by atoms with E-state index in [0.717, 1.165) is 9.35 Å². The number of benzene rings is 1. The summed E-state index contributed by atoms with van der Waals surface area (Å²) < 4.78 is 11.5. The smallest absolute Gasteiger partial charge is 0.286 e. The Hall–Kier alpha value is -2.13. The molecule has 2 rings (SSSR count). The van der Waals surface area contributed by atoms with Crippen LogP contribution in [-0.2, 0) is 6.54 Å². The number of carbonyl (C=O) groups excluding carboxylic acids is 1. The van der Waals surface area contributed by atoms with Crippen molar-refractivity contribution < 1.29 is 19.2 Å². The Morgan fingerprint density at radius 1 is 1.36 bits per heavy atom. The van der Waals surface area contributed by atoms with Crippen LogP contribution in [0.4, 0.5) is 5.69 Å². The van der Waals surface area contributed by atoms with Gasteiger partial charge in [0.05, 0.1) is 31.3 Å². The van der Waals surface area contributed by atoms with Gasteiger partial charge in [-0.1, -0.05) is 0 Å². The number of carbonyl (C=O) groups is 1. The minimum absolute atomic E-state index is 0.0385. The molecule has 0 spiro atoms. The molecule has 0 saturated heterocycles. The van der Waals surface area contributed by atoms with E-state index < -0.39 is 10.8 Å². The van der Waals surface area contributed by atoms with Crippen LogP contribution in [0.15, 0.2) is 28.1 Å². The van der Waals surface area contributed by atoms with Crippen LogP contribution in [0, 0.1) is 10.1 Å². The average Bonchev–Trinajstić information content (AvgIpc) is 2.98. The van der Waals surface area contributed by atoms with Crippen molar-refractivity contribution in [3.8, 4) is 11.5 Å². The van der Waals surface area contributed by atoms with Crippen molar-refractivity contribution in [3.63, 3.8) is 0 Å². The first kappa shape index (κ1) is 19.2. The highest BCUT2D eigenvalue weighted by Crippen LogP contribution is 2.35. The Bertz CT molecular complexity index is 793. The number of hydrogen-bond donors (Lipinski definition) is 0. The van der Waals surface area contributed by atoms with Gasteiger partial charge in [-0.25, -0.2) is 0 Å². The number of amides is 1. The molecule has 25 heavy (non-hydrogen) atoms. The summed E-state index contributed by atoms with van der Waals surface area (Å²) in [5.74, 6) is 0.0544. The van der Waals surface area contributed by atoms with E-state index in [1.165, 1.54) is 35.5 Å². The van der Waals surface area contributed by atoms with Crippen LogP contribution in [0.3, 0.4) is 0 Å². The van der Waals surface area contributed by atoms with E-state index in [1.54, 1.807) is 14.0 Å². The second-order valence-electron chi connectivity index (χ2n) is 5.10. The number of halogens is 1. The van der Waals surface area contributed by atoms with Crippen molar-refractivity contribution in [1.82, 2.24) is 4.90 Å². The zero-order valence-electron chi connectivity index (χ0n) is 13.9. The van der Waals surface area contributed by atoms with Crippen LogP contribution >= 0.6 is 27.3 Å². The molecule has 0 fully saturated rings. The lowest BCUT2D eigenvalue weighted by molar-refractivity contribution is -0.385. The van der Waals surface area contributed by atoms with E-state index in [1.807, 2.05) is 11.4 Å². The summed E-state index contributed by atoms with van der Waals surface area (Å²) in [6, 6.07) is 4.49. The fourth-order valence-corrected chi connectivity index (χ4v) is 3.75. The molecule has 0 saturated carbocycles. The Labute approximate surface area is 157 Å². The van der Waals surface area contributed by atoms with Gasteiger partial charge in [-0.2, -0.15) is 0 Å². The summed E-state index contributed by atoms with van der Waals surface area (Å²) in [4.78, 5) is 25.9. The SMILES string of the molecule is CCOc1cc([N+](=O)[O-])c(C(=O)N(C)Cc2cc(Br)cs2)cc1OC. The van der Waals surface area contributed by atoms with Crippen molar-refractivity contribution >= 4 is 38.9 Å². The number of ether oxygens (including phenoxy) is 2. The van der Waals surface area contributed by atoms with E-state index in [9.17, 15) is 14.9 Å². The maximum absolute atomic E-state index is 12.7. The first-order valence-electron chi connectivity index (χ1n) is 7.35. The molecule has 1 amide bonds. The molecule has 9 heteroatoms. The van der Waals surface area contributed by atoms with Crippen LogP contribution < -0.4 is 9.47 Å². The lowest BCUT2D eigenvalue weighted by Crippen LogP contribution is -2.26. The molecule has 7 nitrogen and oxygen atoms in total. The van der Waals surface area contributed by atoms with E-state index in [0.29, 0.717) is 13.2 Å². The second kappa shape index (κ2) is 8.30. The molecule has 0 bridgehead atoms. The van der Waals surface area contributed by atoms with Gasteiger partial charge in [-0.3, -0.25) is 14.9 Å². The van der Waals surface area contributed by atoms with Gasteiger partial charge in [0.2, 0.25) is 0 Å². The molecular weight excluding hydrogens is 412 g/mol. The van der Waals surface area contributed by atoms with E-state index in [4.69, 9.17) is 9.47 Å². The highest BCUT2D eigenvalue weighted by atomic mass is 79.9. The molecule has 1 aromatic heterocycles. The van der Waals surface area contributed by atoms with Crippen LogP contribution in [0.1, 0.15) is 22.2 Å². The molecule has 0 N–H and O–H groups in total. The molecule has 1 heterocycles. The van der Waals surface area contributed by atoms with Gasteiger partial charge in [0.25, 0.3) is 11.6 Å². The maximum Gasteiger partial charge on any atom is 0.286 e. The quantitative estimate of drug-likeness (QED) is 0.489. The van der Waals surface area contributed by atoms with Gasteiger partial charge in [-0.15, -0.1) is 11.3 Å². The van der Waals surface area contributed by atoms with Gasteiger partial charge in [0.1, 0.15) is 5.56 Å². The molecule has 0 atom stereocenters. The van der Waals surface area contributed by atoms with E-state index in [-0.39, 0.29) is 22.7 Å². The fourth-order valence-electron chi connectivity index (χ4n) is 2.25. The summed E-state index contributed by atoms with van der Waals surface area (Å²) in [6.45, 7) is 2.44. The third-order valence-corrected chi connectivity index (χ3v) is 5.05. The molecule has 2 aromatic rings. The van der Waals surface area contributed by atoms with Crippen LogP contribution in [-0.4, -0.2) is 36.5 Å². The first-order chi connectivity index (χ1) is 11.9. The maximum atomic E-state index is 12.7. The van der Waals surface area contributed by atoms with Crippen molar-refractivity contribution in [1.29, 1.82) is 0 Å². The largest absolute Gasteiger partial charge is 0.493 e. The van der Waals surface area contributed by atoms with Crippen molar-refractivity contribution in [2.24, 2.45) is 0 Å². The molecule has 0 aliphatic heterocycles. The van der Waals surface area contributed by atoms with Crippen LogP contribution in [0.25, 0.3) is 0 Å². The van der Waals surface area contributed by atoms with Crippen molar-refractivity contribution in [2.75, 3.05) is 20.8 Å². The van der Waals surface area contributed by atoms with E-state index in [2.05, 4.69) is 15.9 Å². The third-order valence-electron chi connectivity index (χ3n) is 3.37. The molecule has 0 aliphatic rings. The molecule has 0 radical (unpaired) electrons. The van der Waals surface area contributed by atoms with Crippen LogP contribution in [0.5, 0.6) is 11.5 Å². The minimum Gasteiger partial charge on any atom is -0.493 e. The summed E-state index contributed by atoms with van der Waals surface area (Å²) in [6.07, 6.45) is 0. The van der Waals surface area contributed by atoms with Crippen molar-refractivity contribution in [2.45, 2.75) is 13.5 Å². The van der Waals surface area contributed by atoms with Gasteiger partial charge in [0, 0.05) is 27.8 Å². The Balaban J connectivity index is 2.37. The lowest BCUT2D eigenvalue weighted by Gasteiger charge is -2.17. The Kier molecular flexibility index (Phi) is 6.38. The number of methoxy groups -OCH3 is 1. The summed E-state index contributed by atoms with van der Waals surface area (Å²) in [5.41, 5.74) is -0.350. The zero-order valence-corrected chi connectivity index (χ0v) is 16.3. The third kappa shape index (κ3) is 4.49. The average molecular weight is 429 g/mol. The highest BCUT2D eigenvalue weighted by Gasteiger charge is 2.27. The summed E-state index contributed by atoms with van der Waals surface area (Å²) >= 11 is 4.86. The number of nitrogens with zero attached hydrogens (tertiary/aromatic N) is 2. The summed E-state index contributed by atoms with van der Waals surface area (Å²) in [7, 11) is 3.02. The standard InChI is InChI=1S/C16H17BrN2O5S/c1-4-24-15-7-13(19(21)22)12(6-14(15)23-3)16(20)18(2)8-11-5-10(17)9-25-11/h5-7,9H,4,8H2,1-3H3. The van der Waals surface area contributed by atoms with Crippen LogP contribution in [0.2, 0.25) is 0 Å². The molecule has 134 valence electrons. The number of nitro benzene ring substituents is 1. The summed E-state index contributed by atoms with van der Waals surface area (Å²) in [5, 5.41) is 13.3. The minimum atomic E-state index is -0.592. The predicted molar refractivity (Wildman–Crippen MR) is 98.6 cm³/mol. The number of rotatable bonds is 7. The monoisotopic (exact) mass is 428 g/mol. The fraction of sp³-hybridized carbons (Fsp3) is 0.312. The second-order valence-corrected chi connectivity index (χ2v) is 7.01.